The monoisotopic (exact) mass is 254 g/mol. The lowest BCUT2D eigenvalue weighted by Gasteiger charge is -2.23. The van der Waals surface area contributed by atoms with E-state index < -0.39 is 11.9 Å². The summed E-state index contributed by atoms with van der Waals surface area (Å²) in [5.74, 6) is -1.05. The molecule has 2 aliphatic heterocycles. The zero-order valence-corrected chi connectivity index (χ0v) is 10.9. The summed E-state index contributed by atoms with van der Waals surface area (Å²) in [4.78, 5) is 25.1. The van der Waals surface area contributed by atoms with Crippen molar-refractivity contribution in [2.45, 2.75) is 38.6 Å². The van der Waals surface area contributed by atoms with E-state index in [4.69, 9.17) is 5.11 Å². The second-order valence-electron chi connectivity index (χ2n) is 5.52. The van der Waals surface area contributed by atoms with Crippen molar-refractivity contribution in [3.05, 3.63) is 0 Å². The van der Waals surface area contributed by atoms with Crippen LogP contribution in [0.3, 0.4) is 0 Å². The molecule has 2 aliphatic rings. The fourth-order valence-corrected chi connectivity index (χ4v) is 2.93. The number of carboxylic acids is 1. The molecule has 2 rings (SSSR count). The van der Waals surface area contributed by atoms with E-state index in [0.717, 1.165) is 25.8 Å². The Hall–Kier alpha value is -1.10. The molecule has 1 amide bonds. The molecule has 0 bridgehead atoms. The van der Waals surface area contributed by atoms with Gasteiger partial charge in [0.2, 0.25) is 5.91 Å². The highest BCUT2D eigenvalue weighted by Crippen LogP contribution is 2.24. The number of carbonyl (C=O) groups excluding carboxylic acids is 1. The van der Waals surface area contributed by atoms with Crippen molar-refractivity contribution in [2.24, 2.45) is 11.8 Å². The fourth-order valence-electron chi connectivity index (χ4n) is 2.93. The Morgan fingerprint density at radius 2 is 2.00 bits per heavy atom. The molecule has 102 valence electrons. The van der Waals surface area contributed by atoms with Crippen molar-refractivity contribution in [1.29, 1.82) is 0 Å². The number of carboxylic acid groups (broad SMARTS) is 1. The number of amides is 1. The zero-order valence-electron chi connectivity index (χ0n) is 10.9. The molecule has 5 heteroatoms. The molecule has 5 nitrogen and oxygen atoms in total. The first-order chi connectivity index (χ1) is 8.59. The molecule has 0 radical (unpaired) electrons. The number of nitrogens with one attached hydrogen (secondary N) is 1. The van der Waals surface area contributed by atoms with Crippen LogP contribution in [0.15, 0.2) is 0 Å². The standard InChI is InChI=1S/C13H22N2O3/c1-9-7-15(8-10(9)13(17)18)12(16)11-5-3-2-4-6-14-11/h9-11,14H,2-8H2,1H3,(H,17,18)/t9-,10-,11?/m1/s1. The lowest BCUT2D eigenvalue weighted by molar-refractivity contribution is -0.142. The Labute approximate surface area is 108 Å². The van der Waals surface area contributed by atoms with Crippen molar-refractivity contribution in [1.82, 2.24) is 10.2 Å². The van der Waals surface area contributed by atoms with Gasteiger partial charge < -0.3 is 15.3 Å². The molecule has 3 atom stereocenters. The molecule has 18 heavy (non-hydrogen) atoms. The van der Waals surface area contributed by atoms with E-state index in [1.165, 1.54) is 6.42 Å². The van der Waals surface area contributed by atoms with Crippen molar-refractivity contribution in [3.8, 4) is 0 Å². The largest absolute Gasteiger partial charge is 0.481 e. The summed E-state index contributed by atoms with van der Waals surface area (Å²) < 4.78 is 0. The van der Waals surface area contributed by atoms with Crippen LogP contribution in [0, 0.1) is 11.8 Å². The quantitative estimate of drug-likeness (QED) is 0.761. The highest BCUT2D eigenvalue weighted by Gasteiger charge is 2.38. The van der Waals surface area contributed by atoms with E-state index in [9.17, 15) is 9.59 Å². The summed E-state index contributed by atoms with van der Waals surface area (Å²) in [7, 11) is 0. The Morgan fingerprint density at radius 1 is 1.22 bits per heavy atom. The molecule has 0 aromatic heterocycles. The number of carbonyl (C=O) groups is 2. The summed E-state index contributed by atoms with van der Waals surface area (Å²) in [6, 6.07) is -0.104. The topological polar surface area (TPSA) is 69.6 Å². The van der Waals surface area contributed by atoms with E-state index in [1.807, 2.05) is 6.92 Å². The van der Waals surface area contributed by atoms with Crippen LogP contribution in [0.2, 0.25) is 0 Å². The third-order valence-corrected chi connectivity index (χ3v) is 4.10. The van der Waals surface area contributed by atoms with Gasteiger partial charge in [0.25, 0.3) is 0 Å². The van der Waals surface area contributed by atoms with Gasteiger partial charge >= 0.3 is 5.97 Å². The molecule has 1 unspecified atom stereocenters. The van der Waals surface area contributed by atoms with Crippen LogP contribution >= 0.6 is 0 Å². The smallest absolute Gasteiger partial charge is 0.308 e. The van der Waals surface area contributed by atoms with Crippen molar-refractivity contribution >= 4 is 11.9 Å². The molecule has 0 aliphatic carbocycles. The maximum absolute atomic E-state index is 12.3. The lowest BCUT2D eigenvalue weighted by atomic mass is 9.99. The van der Waals surface area contributed by atoms with Crippen molar-refractivity contribution < 1.29 is 14.7 Å². The van der Waals surface area contributed by atoms with E-state index in [0.29, 0.717) is 13.1 Å². The number of nitrogens with zero attached hydrogens (tertiary/aromatic N) is 1. The van der Waals surface area contributed by atoms with Gasteiger partial charge in [-0.1, -0.05) is 19.8 Å². The van der Waals surface area contributed by atoms with Crippen LogP contribution in [-0.2, 0) is 9.59 Å². The van der Waals surface area contributed by atoms with E-state index >= 15 is 0 Å². The molecule has 0 aromatic rings. The van der Waals surface area contributed by atoms with Crippen molar-refractivity contribution in [3.63, 3.8) is 0 Å². The van der Waals surface area contributed by atoms with Gasteiger partial charge in [-0.05, 0) is 25.3 Å². The molecule has 0 saturated carbocycles. The molecule has 2 saturated heterocycles. The highest BCUT2D eigenvalue weighted by molar-refractivity contribution is 5.83. The van der Waals surface area contributed by atoms with Gasteiger partial charge in [0.1, 0.15) is 0 Å². The van der Waals surface area contributed by atoms with E-state index in [-0.39, 0.29) is 17.9 Å². The van der Waals surface area contributed by atoms with Gasteiger partial charge in [-0.25, -0.2) is 0 Å². The molecule has 0 aromatic carbocycles. The maximum atomic E-state index is 12.3. The zero-order chi connectivity index (χ0) is 13.1. The summed E-state index contributed by atoms with van der Waals surface area (Å²) >= 11 is 0. The summed E-state index contributed by atoms with van der Waals surface area (Å²) in [5.41, 5.74) is 0. The van der Waals surface area contributed by atoms with Crippen LogP contribution in [0.25, 0.3) is 0 Å². The summed E-state index contributed by atoms with van der Waals surface area (Å²) in [6.07, 6.45) is 4.25. The van der Waals surface area contributed by atoms with Crippen LogP contribution in [0.1, 0.15) is 32.6 Å². The van der Waals surface area contributed by atoms with Crippen molar-refractivity contribution in [2.75, 3.05) is 19.6 Å². The maximum Gasteiger partial charge on any atom is 0.308 e. The average Bonchev–Trinajstić information content (AvgIpc) is 2.56. The third kappa shape index (κ3) is 2.83. The Morgan fingerprint density at radius 3 is 2.67 bits per heavy atom. The van der Waals surface area contributed by atoms with Gasteiger partial charge in [-0.3, -0.25) is 9.59 Å². The Kier molecular flexibility index (Phi) is 4.22. The summed E-state index contributed by atoms with van der Waals surface area (Å²) in [6.45, 7) is 3.75. The lowest BCUT2D eigenvalue weighted by Crippen LogP contribution is -2.45. The highest BCUT2D eigenvalue weighted by atomic mass is 16.4. The first-order valence-corrected chi connectivity index (χ1v) is 6.84. The SMILES string of the molecule is C[C@@H]1CN(C(=O)C2CCCCCN2)C[C@H]1C(=O)O. The van der Waals surface area contributed by atoms with Crippen LogP contribution in [0.5, 0.6) is 0 Å². The molecular weight excluding hydrogens is 232 g/mol. The molecule has 2 heterocycles. The third-order valence-electron chi connectivity index (χ3n) is 4.10. The molecule has 0 spiro atoms. The predicted octanol–water partition coefficient (Wildman–Crippen LogP) is 0.698. The minimum Gasteiger partial charge on any atom is -0.481 e. The summed E-state index contributed by atoms with van der Waals surface area (Å²) in [5, 5.41) is 12.4. The number of hydrogen-bond donors (Lipinski definition) is 2. The van der Waals surface area contributed by atoms with Gasteiger partial charge in [0.05, 0.1) is 12.0 Å². The number of rotatable bonds is 2. The van der Waals surface area contributed by atoms with Crippen LogP contribution in [0.4, 0.5) is 0 Å². The Balaban J connectivity index is 1.95. The minimum absolute atomic E-state index is 0.0530. The Bertz CT molecular complexity index is 324. The average molecular weight is 254 g/mol. The van der Waals surface area contributed by atoms with Gasteiger partial charge in [0, 0.05) is 13.1 Å². The van der Waals surface area contributed by atoms with Crippen LogP contribution in [-0.4, -0.2) is 47.6 Å². The first-order valence-electron chi connectivity index (χ1n) is 6.84. The van der Waals surface area contributed by atoms with Gasteiger partial charge in [-0.2, -0.15) is 0 Å². The van der Waals surface area contributed by atoms with Crippen LogP contribution < -0.4 is 5.32 Å². The molecular formula is C13H22N2O3. The minimum atomic E-state index is -0.786. The fraction of sp³-hybridized carbons (Fsp3) is 0.846. The first kappa shape index (κ1) is 13.3. The van der Waals surface area contributed by atoms with Gasteiger partial charge in [-0.15, -0.1) is 0 Å². The number of aliphatic carboxylic acids is 1. The predicted molar refractivity (Wildman–Crippen MR) is 67.1 cm³/mol. The van der Waals surface area contributed by atoms with E-state index in [2.05, 4.69) is 5.32 Å². The second kappa shape index (κ2) is 5.69. The number of likely N-dealkylation sites (tertiary alicyclic amines) is 1. The number of hydrogen-bond acceptors (Lipinski definition) is 3. The second-order valence-corrected chi connectivity index (χ2v) is 5.52. The van der Waals surface area contributed by atoms with E-state index in [1.54, 1.807) is 4.90 Å². The molecule has 2 fully saturated rings. The molecule has 2 N–H and O–H groups in total. The normalized spacial score (nSPS) is 33.2. The van der Waals surface area contributed by atoms with Gasteiger partial charge in [0.15, 0.2) is 0 Å².